The fourth-order valence-corrected chi connectivity index (χ4v) is 1.96. The molecule has 0 saturated carbocycles. The summed E-state index contributed by atoms with van der Waals surface area (Å²) in [6.45, 7) is 1.88. The van der Waals surface area contributed by atoms with Gasteiger partial charge in [-0.3, -0.25) is 10.1 Å². The second-order valence-corrected chi connectivity index (χ2v) is 4.19. The topological polar surface area (TPSA) is 68.0 Å². The number of anilines is 2. The minimum Gasteiger partial charge on any atom is -0.398 e. The largest absolute Gasteiger partial charge is 0.398 e. The van der Waals surface area contributed by atoms with E-state index in [1.165, 1.54) is 11.3 Å². The quantitative estimate of drug-likeness (QED) is 0.782. The summed E-state index contributed by atoms with van der Waals surface area (Å²) in [4.78, 5) is 16.0. The van der Waals surface area contributed by atoms with Gasteiger partial charge in [-0.05, 0) is 19.1 Å². The number of amides is 1. The van der Waals surface area contributed by atoms with Gasteiger partial charge in [-0.25, -0.2) is 4.98 Å². The molecule has 82 valence electrons. The van der Waals surface area contributed by atoms with Crippen LogP contribution in [0.15, 0.2) is 29.6 Å². The second kappa shape index (κ2) is 4.32. The lowest BCUT2D eigenvalue weighted by molar-refractivity contribution is 0.102. The molecule has 1 amide bonds. The van der Waals surface area contributed by atoms with E-state index >= 15 is 0 Å². The number of para-hydroxylation sites is 1. The molecule has 2 aromatic rings. The van der Waals surface area contributed by atoms with Gasteiger partial charge in [0.05, 0.1) is 11.3 Å². The summed E-state index contributed by atoms with van der Waals surface area (Å²) in [5.41, 5.74) is 7.53. The Balaban J connectivity index is 2.18. The summed E-state index contributed by atoms with van der Waals surface area (Å²) >= 11 is 1.39. The van der Waals surface area contributed by atoms with E-state index in [-0.39, 0.29) is 5.91 Å². The predicted octanol–water partition coefficient (Wildman–Crippen LogP) is 2.29. The van der Waals surface area contributed by atoms with Crippen molar-refractivity contribution < 1.29 is 4.79 Å². The zero-order valence-electron chi connectivity index (χ0n) is 8.73. The van der Waals surface area contributed by atoms with Crippen LogP contribution in [-0.2, 0) is 0 Å². The van der Waals surface area contributed by atoms with Crippen LogP contribution in [0.25, 0.3) is 0 Å². The Morgan fingerprint density at radius 1 is 1.44 bits per heavy atom. The Bertz CT molecular complexity index is 521. The molecule has 0 spiro atoms. The van der Waals surface area contributed by atoms with E-state index in [0.29, 0.717) is 16.4 Å². The summed E-state index contributed by atoms with van der Waals surface area (Å²) in [7, 11) is 0. The maximum absolute atomic E-state index is 11.8. The first-order valence-electron chi connectivity index (χ1n) is 4.75. The molecule has 0 bridgehead atoms. The smallest absolute Gasteiger partial charge is 0.259 e. The van der Waals surface area contributed by atoms with Gasteiger partial charge in [-0.1, -0.05) is 12.1 Å². The molecule has 1 aromatic heterocycles. The molecule has 4 nitrogen and oxygen atoms in total. The van der Waals surface area contributed by atoms with Crippen molar-refractivity contribution in [3.63, 3.8) is 0 Å². The van der Waals surface area contributed by atoms with Crippen molar-refractivity contribution in [3.8, 4) is 0 Å². The van der Waals surface area contributed by atoms with E-state index in [2.05, 4.69) is 10.3 Å². The lowest BCUT2D eigenvalue weighted by Gasteiger charge is -2.04. The maximum Gasteiger partial charge on any atom is 0.259 e. The number of carbonyl (C=O) groups excluding carboxylic acids is 1. The molecule has 1 aromatic carbocycles. The molecule has 2 rings (SSSR count). The fraction of sp³-hybridized carbons (Fsp3) is 0.0909. The number of nitrogens with one attached hydrogen (secondary N) is 1. The van der Waals surface area contributed by atoms with E-state index < -0.39 is 0 Å². The lowest BCUT2D eigenvalue weighted by atomic mass is 10.2. The number of aromatic nitrogens is 1. The average molecular weight is 233 g/mol. The highest BCUT2D eigenvalue weighted by Gasteiger charge is 2.10. The third kappa shape index (κ3) is 2.20. The molecule has 0 aliphatic heterocycles. The number of hydrogen-bond donors (Lipinski definition) is 2. The highest BCUT2D eigenvalue weighted by Crippen LogP contribution is 2.17. The Morgan fingerprint density at radius 2 is 2.19 bits per heavy atom. The van der Waals surface area contributed by atoms with Crippen molar-refractivity contribution >= 4 is 28.1 Å². The van der Waals surface area contributed by atoms with E-state index in [0.717, 1.165) is 5.69 Å². The van der Waals surface area contributed by atoms with Gasteiger partial charge in [-0.2, -0.15) is 0 Å². The molecule has 0 fully saturated rings. The van der Waals surface area contributed by atoms with Crippen LogP contribution >= 0.6 is 11.3 Å². The van der Waals surface area contributed by atoms with E-state index in [1.54, 1.807) is 24.3 Å². The monoisotopic (exact) mass is 233 g/mol. The molecule has 5 heteroatoms. The maximum atomic E-state index is 11.8. The summed E-state index contributed by atoms with van der Waals surface area (Å²) in [6.07, 6.45) is 0. The molecule has 1 heterocycles. The number of rotatable bonds is 2. The molecular formula is C11H11N3OS. The van der Waals surface area contributed by atoms with Crippen LogP contribution < -0.4 is 11.1 Å². The molecule has 0 radical (unpaired) electrons. The van der Waals surface area contributed by atoms with Gasteiger partial charge in [-0.15, -0.1) is 11.3 Å². The summed E-state index contributed by atoms with van der Waals surface area (Å²) in [6, 6.07) is 6.95. The van der Waals surface area contributed by atoms with E-state index in [4.69, 9.17) is 5.73 Å². The standard InChI is InChI=1S/C11H11N3OS/c1-7-6-16-11(13-7)14-10(15)8-4-2-3-5-9(8)12/h2-6H,12H2,1H3,(H,13,14,15). The first-order chi connectivity index (χ1) is 7.66. The number of benzene rings is 1. The normalized spacial score (nSPS) is 10.1. The fourth-order valence-electron chi connectivity index (χ4n) is 1.28. The molecule has 0 atom stereocenters. The number of aryl methyl sites for hydroxylation is 1. The number of nitrogen functional groups attached to an aromatic ring is 1. The van der Waals surface area contributed by atoms with Crippen LogP contribution in [0, 0.1) is 6.92 Å². The third-order valence-electron chi connectivity index (χ3n) is 2.04. The van der Waals surface area contributed by atoms with Crippen molar-refractivity contribution in [1.82, 2.24) is 4.98 Å². The van der Waals surface area contributed by atoms with E-state index in [1.807, 2.05) is 12.3 Å². The lowest BCUT2D eigenvalue weighted by Crippen LogP contribution is -2.13. The number of carbonyl (C=O) groups is 1. The van der Waals surface area contributed by atoms with Crippen molar-refractivity contribution in [2.24, 2.45) is 0 Å². The number of thiazole rings is 1. The Labute approximate surface area is 97.1 Å². The zero-order valence-corrected chi connectivity index (χ0v) is 9.54. The average Bonchev–Trinajstić information content (AvgIpc) is 2.64. The Kier molecular flexibility index (Phi) is 2.87. The predicted molar refractivity (Wildman–Crippen MR) is 65.7 cm³/mol. The van der Waals surface area contributed by atoms with Crippen LogP contribution in [0.2, 0.25) is 0 Å². The van der Waals surface area contributed by atoms with Crippen LogP contribution in [0.5, 0.6) is 0 Å². The molecule has 0 aliphatic rings. The van der Waals surface area contributed by atoms with Crippen LogP contribution in [0.3, 0.4) is 0 Å². The number of nitrogens with two attached hydrogens (primary N) is 1. The van der Waals surface area contributed by atoms with E-state index in [9.17, 15) is 4.79 Å². The highest BCUT2D eigenvalue weighted by molar-refractivity contribution is 7.13. The summed E-state index contributed by atoms with van der Waals surface area (Å²) in [5, 5.41) is 5.18. The summed E-state index contributed by atoms with van der Waals surface area (Å²) in [5.74, 6) is -0.229. The Morgan fingerprint density at radius 3 is 2.81 bits per heavy atom. The first-order valence-corrected chi connectivity index (χ1v) is 5.63. The van der Waals surface area contributed by atoms with Crippen molar-refractivity contribution in [3.05, 3.63) is 40.9 Å². The molecule has 0 saturated heterocycles. The van der Waals surface area contributed by atoms with Gasteiger partial charge in [0.2, 0.25) is 0 Å². The minimum absolute atomic E-state index is 0.229. The van der Waals surface area contributed by atoms with Crippen LogP contribution in [0.1, 0.15) is 16.1 Å². The van der Waals surface area contributed by atoms with Gasteiger partial charge in [0, 0.05) is 11.1 Å². The second-order valence-electron chi connectivity index (χ2n) is 3.34. The highest BCUT2D eigenvalue weighted by atomic mass is 32.1. The molecule has 0 aliphatic carbocycles. The number of nitrogens with zero attached hydrogens (tertiary/aromatic N) is 1. The molecule has 16 heavy (non-hydrogen) atoms. The Hall–Kier alpha value is -1.88. The summed E-state index contributed by atoms with van der Waals surface area (Å²) < 4.78 is 0. The van der Waals surface area contributed by atoms with Crippen molar-refractivity contribution in [2.45, 2.75) is 6.92 Å². The van der Waals surface area contributed by atoms with Gasteiger partial charge in [0.25, 0.3) is 5.91 Å². The van der Waals surface area contributed by atoms with Crippen molar-refractivity contribution in [2.75, 3.05) is 11.1 Å². The minimum atomic E-state index is -0.229. The molecule has 0 unspecified atom stereocenters. The number of hydrogen-bond acceptors (Lipinski definition) is 4. The van der Waals surface area contributed by atoms with Gasteiger partial charge < -0.3 is 5.73 Å². The van der Waals surface area contributed by atoms with Crippen molar-refractivity contribution in [1.29, 1.82) is 0 Å². The third-order valence-corrected chi connectivity index (χ3v) is 2.92. The zero-order chi connectivity index (χ0) is 11.5. The van der Waals surface area contributed by atoms with Gasteiger partial charge >= 0.3 is 0 Å². The van der Waals surface area contributed by atoms with Gasteiger partial charge in [0.1, 0.15) is 0 Å². The van der Waals surface area contributed by atoms with Crippen LogP contribution in [0.4, 0.5) is 10.8 Å². The first kappa shape index (κ1) is 10.6. The molecular weight excluding hydrogens is 222 g/mol. The SMILES string of the molecule is Cc1csc(NC(=O)c2ccccc2N)n1. The van der Waals surface area contributed by atoms with Gasteiger partial charge in [0.15, 0.2) is 5.13 Å². The van der Waals surface area contributed by atoms with Crippen LogP contribution in [-0.4, -0.2) is 10.9 Å². The molecule has 3 N–H and O–H groups in total.